The van der Waals surface area contributed by atoms with Gasteiger partial charge in [0.25, 0.3) is 5.91 Å². The van der Waals surface area contributed by atoms with Crippen LogP contribution in [0.5, 0.6) is 0 Å². The number of aliphatic hydroxyl groups excluding tert-OH is 1. The number of rotatable bonds is 2. The van der Waals surface area contributed by atoms with E-state index in [4.69, 9.17) is 0 Å². The Morgan fingerprint density at radius 3 is 2.54 bits per heavy atom. The lowest BCUT2D eigenvalue weighted by Gasteiger charge is -2.19. The summed E-state index contributed by atoms with van der Waals surface area (Å²) in [5.41, 5.74) is -0.700. The topological polar surface area (TPSA) is 49.3 Å². The minimum absolute atomic E-state index is 0.312. The Balaban J connectivity index is 1.89. The number of fused-ring (bicyclic) bond motifs is 1. The standard InChI is InChI=1S/C17H13F4NO2/c18-14-11(6-3-7-12(14)17(19,20)21)16(24)22-15-10-5-2-1-4-9(10)8-13(15)23/h1-7,13,15,23H,8H2,(H,22,24). The van der Waals surface area contributed by atoms with E-state index in [-0.39, 0.29) is 0 Å². The van der Waals surface area contributed by atoms with E-state index in [2.05, 4.69) is 5.32 Å². The first-order valence-corrected chi connectivity index (χ1v) is 7.21. The smallest absolute Gasteiger partial charge is 0.390 e. The highest BCUT2D eigenvalue weighted by Gasteiger charge is 2.37. The fraction of sp³-hybridized carbons (Fsp3) is 0.235. The highest BCUT2D eigenvalue weighted by molar-refractivity contribution is 5.95. The van der Waals surface area contributed by atoms with Gasteiger partial charge in [0.05, 0.1) is 23.3 Å². The number of hydrogen-bond acceptors (Lipinski definition) is 2. The van der Waals surface area contributed by atoms with Crippen LogP contribution >= 0.6 is 0 Å². The molecule has 126 valence electrons. The first-order valence-electron chi connectivity index (χ1n) is 7.21. The minimum Gasteiger partial charge on any atom is -0.390 e. The number of halogens is 4. The Labute approximate surface area is 134 Å². The van der Waals surface area contributed by atoms with Gasteiger partial charge in [-0.25, -0.2) is 4.39 Å². The molecule has 0 spiro atoms. The van der Waals surface area contributed by atoms with Crippen LogP contribution in [0.4, 0.5) is 17.6 Å². The Bertz CT molecular complexity index is 788. The zero-order valence-electron chi connectivity index (χ0n) is 12.3. The maximum atomic E-state index is 14.0. The summed E-state index contributed by atoms with van der Waals surface area (Å²) in [4.78, 5) is 12.2. The molecule has 7 heteroatoms. The molecule has 24 heavy (non-hydrogen) atoms. The second-order valence-corrected chi connectivity index (χ2v) is 5.59. The van der Waals surface area contributed by atoms with Crippen LogP contribution in [0.25, 0.3) is 0 Å². The summed E-state index contributed by atoms with van der Waals surface area (Å²) in [7, 11) is 0. The third-order valence-corrected chi connectivity index (χ3v) is 4.04. The van der Waals surface area contributed by atoms with Gasteiger partial charge in [0.15, 0.2) is 0 Å². The van der Waals surface area contributed by atoms with E-state index >= 15 is 0 Å². The SMILES string of the molecule is O=C(NC1c2ccccc2CC1O)c1cccc(C(F)(F)F)c1F. The normalized spacial score (nSPS) is 19.9. The van der Waals surface area contributed by atoms with Crippen LogP contribution in [0, 0.1) is 5.82 Å². The van der Waals surface area contributed by atoms with Gasteiger partial charge in [-0.05, 0) is 23.3 Å². The summed E-state index contributed by atoms with van der Waals surface area (Å²) in [6.45, 7) is 0. The van der Waals surface area contributed by atoms with Gasteiger partial charge in [-0.1, -0.05) is 30.3 Å². The van der Waals surface area contributed by atoms with E-state index in [9.17, 15) is 27.5 Å². The number of alkyl halides is 3. The molecular formula is C17H13F4NO2. The predicted molar refractivity (Wildman–Crippen MR) is 77.8 cm³/mol. The molecule has 2 N–H and O–H groups in total. The minimum atomic E-state index is -4.89. The molecule has 0 aliphatic heterocycles. The lowest BCUT2D eigenvalue weighted by Crippen LogP contribution is -2.34. The monoisotopic (exact) mass is 339 g/mol. The second-order valence-electron chi connectivity index (χ2n) is 5.59. The Hall–Kier alpha value is -2.41. The molecule has 3 nitrogen and oxygen atoms in total. The first kappa shape index (κ1) is 16.4. The Morgan fingerprint density at radius 2 is 1.83 bits per heavy atom. The third kappa shape index (κ3) is 2.87. The van der Waals surface area contributed by atoms with Crippen molar-refractivity contribution >= 4 is 5.91 Å². The molecule has 0 radical (unpaired) electrons. The average molecular weight is 339 g/mol. The van der Waals surface area contributed by atoms with Crippen molar-refractivity contribution in [3.63, 3.8) is 0 Å². The van der Waals surface area contributed by atoms with Crippen LogP contribution in [0.3, 0.4) is 0 Å². The molecule has 3 rings (SSSR count). The molecule has 0 saturated heterocycles. The fourth-order valence-electron chi connectivity index (χ4n) is 2.89. The van der Waals surface area contributed by atoms with E-state index in [1.807, 2.05) is 0 Å². The maximum absolute atomic E-state index is 14.0. The van der Waals surface area contributed by atoms with Gasteiger partial charge in [-0.3, -0.25) is 4.79 Å². The summed E-state index contributed by atoms with van der Waals surface area (Å²) < 4.78 is 52.3. The molecule has 0 saturated carbocycles. The molecule has 0 fully saturated rings. The van der Waals surface area contributed by atoms with Crippen molar-refractivity contribution in [2.24, 2.45) is 0 Å². The van der Waals surface area contributed by atoms with E-state index in [0.29, 0.717) is 18.1 Å². The Morgan fingerprint density at radius 1 is 1.12 bits per heavy atom. The van der Waals surface area contributed by atoms with Gasteiger partial charge in [0.2, 0.25) is 0 Å². The van der Waals surface area contributed by atoms with Crippen LogP contribution in [0.1, 0.15) is 33.1 Å². The van der Waals surface area contributed by atoms with Crippen molar-refractivity contribution < 1.29 is 27.5 Å². The maximum Gasteiger partial charge on any atom is 0.419 e. The fourth-order valence-corrected chi connectivity index (χ4v) is 2.89. The van der Waals surface area contributed by atoms with E-state index < -0.39 is 41.2 Å². The van der Waals surface area contributed by atoms with Crippen LogP contribution in [-0.4, -0.2) is 17.1 Å². The van der Waals surface area contributed by atoms with Crippen LogP contribution in [0.15, 0.2) is 42.5 Å². The van der Waals surface area contributed by atoms with Crippen LogP contribution in [0.2, 0.25) is 0 Å². The Kier molecular flexibility index (Phi) is 4.04. The molecule has 0 aromatic heterocycles. The first-order chi connectivity index (χ1) is 11.3. The van der Waals surface area contributed by atoms with Gasteiger partial charge < -0.3 is 10.4 Å². The van der Waals surface area contributed by atoms with Gasteiger partial charge in [-0.15, -0.1) is 0 Å². The quantitative estimate of drug-likeness (QED) is 0.826. The molecule has 2 unspecified atom stereocenters. The van der Waals surface area contributed by atoms with Gasteiger partial charge in [0, 0.05) is 6.42 Å². The largest absolute Gasteiger partial charge is 0.419 e. The number of nitrogens with one attached hydrogen (secondary N) is 1. The predicted octanol–water partition coefficient (Wildman–Crippen LogP) is 3.23. The number of benzene rings is 2. The van der Waals surface area contributed by atoms with E-state index in [1.165, 1.54) is 0 Å². The van der Waals surface area contributed by atoms with Crippen molar-refractivity contribution in [3.8, 4) is 0 Å². The molecule has 2 atom stereocenters. The number of aliphatic hydroxyl groups is 1. The third-order valence-electron chi connectivity index (χ3n) is 4.04. The molecule has 1 amide bonds. The summed E-state index contributed by atoms with van der Waals surface area (Å²) in [5, 5.41) is 12.5. The zero-order chi connectivity index (χ0) is 17.5. The zero-order valence-corrected chi connectivity index (χ0v) is 12.3. The summed E-state index contributed by atoms with van der Waals surface area (Å²) in [5.74, 6) is -2.62. The van der Waals surface area contributed by atoms with E-state index in [1.54, 1.807) is 24.3 Å². The number of amides is 1. The molecule has 1 aliphatic carbocycles. The second kappa shape index (κ2) is 5.90. The van der Waals surface area contributed by atoms with Gasteiger partial charge in [-0.2, -0.15) is 13.2 Å². The number of carbonyl (C=O) groups is 1. The lowest BCUT2D eigenvalue weighted by atomic mass is 10.1. The lowest BCUT2D eigenvalue weighted by molar-refractivity contribution is -0.140. The van der Waals surface area contributed by atoms with Crippen molar-refractivity contribution in [1.82, 2.24) is 5.32 Å². The molecule has 0 bridgehead atoms. The number of hydrogen-bond donors (Lipinski definition) is 2. The number of carbonyl (C=O) groups excluding carboxylic acids is 1. The molecule has 2 aromatic carbocycles. The van der Waals surface area contributed by atoms with Crippen molar-refractivity contribution in [1.29, 1.82) is 0 Å². The van der Waals surface area contributed by atoms with Crippen molar-refractivity contribution in [2.75, 3.05) is 0 Å². The highest BCUT2D eigenvalue weighted by Crippen LogP contribution is 2.34. The van der Waals surface area contributed by atoms with Crippen molar-refractivity contribution in [2.45, 2.75) is 24.7 Å². The van der Waals surface area contributed by atoms with Gasteiger partial charge in [0.1, 0.15) is 5.82 Å². The van der Waals surface area contributed by atoms with Crippen LogP contribution in [-0.2, 0) is 12.6 Å². The summed E-state index contributed by atoms with van der Waals surface area (Å²) >= 11 is 0. The molecule has 2 aromatic rings. The summed E-state index contributed by atoms with van der Waals surface area (Å²) in [6, 6.07) is 8.74. The summed E-state index contributed by atoms with van der Waals surface area (Å²) in [6.07, 6.45) is -5.49. The average Bonchev–Trinajstić information content (AvgIpc) is 2.82. The highest BCUT2D eigenvalue weighted by atomic mass is 19.4. The van der Waals surface area contributed by atoms with E-state index in [0.717, 1.165) is 17.7 Å². The molecule has 1 aliphatic rings. The molecule has 0 heterocycles. The van der Waals surface area contributed by atoms with Crippen molar-refractivity contribution in [3.05, 3.63) is 70.5 Å². The van der Waals surface area contributed by atoms with Gasteiger partial charge >= 0.3 is 6.18 Å². The molecular weight excluding hydrogens is 326 g/mol. The van der Waals surface area contributed by atoms with Crippen LogP contribution < -0.4 is 5.32 Å².